The van der Waals surface area contributed by atoms with Gasteiger partial charge in [0.1, 0.15) is 0 Å². The molecule has 5 nitrogen and oxygen atoms in total. The number of hydrogen-bond acceptors (Lipinski definition) is 6. The molecule has 0 unspecified atom stereocenters. The summed E-state index contributed by atoms with van der Waals surface area (Å²) in [7, 11) is 4.11. The van der Waals surface area contributed by atoms with Gasteiger partial charge in [-0.1, -0.05) is 6.92 Å². The van der Waals surface area contributed by atoms with Crippen molar-refractivity contribution < 1.29 is 9.53 Å². The number of hydrogen-bond donors (Lipinski definition) is 0. The van der Waals surface area contributed by atoms with E-state index in [2.05, 4.69) is 35.8 Å². The van der Waals surface area contributed by atoms with E-state index in [1.54, 1.807) is 18.3 Å². The summed E-state index contributed by atoms with van der Waals surface area (Å²) in [5.41, 5.74) is 0.456. The maximum absolute atomic E-state index is 11.8. The zero-order valence-electron chi connectivity index (χ0n) is 13.1. The summed E-state index contributed by atoms with van der Waals surface area (Å²) in [6.07, 6.45) is 1.06. The zero-order chi connectivity index (χ0) is 15.1. The summed E-state index contributed by atoms with van der Waals surface area (Å²) in [6.45, 7) is 9.08. The Labute approximate surface area is 125 Å². The first-order valence-electron chi connectivity index (χ1n) is 7.03. The molecule has 0 aromatic carbocycles. The maximum atomic E-state index is 11.8. The van der Waals surface area contributed by atoms with E-state index >= 15 is 0 Å². The highest BCUT2D eigenvalue weighted by Gasteiger charge is 2.19. The topological polar surface area (TPSA) is 45.7 Å². The molecule has 1 rings (SSSR count). The van der Waals surface area contributed by atoms with Crippen molar-refractivity contribution in [1.82, 2.24) is 9.88 Å². The molecule has 0 amide bonds. The summed E-state index contributed by atoms with van der Waals surface area (Å²) >= 11 is 1.56. The first-order chi connectivity index (χ1) is 9.49. The molecule has 0 N–H and O–H groups in total. The lowest BCUT2D eigenvalue weighted by Gasteiger charge is -2.23. The second-order valence-corrected chi connectivity index (χ2v) is 6.09. The highest BCUT2D eigenvalue weighted by Crippen LogP contribution is 2.26. The molecule has 0 saturated carbocycles. The Morgan fingerprint density at radius 3 is 2.50 bits per heavy atom. The molecule has 0 aliphatic carbocycles. The van der Waals surface area contributed by atoms with Crippen LogP contribution in [0, 0.1) is 6.92 Å². The third-order valence-corrected chi connectivity index (χ3v) is 3.87. The van der Waals surface area contributed by atoms with E-state index < -0.39 is 0 Å². The highest BCUT2D eigenvalue weighted by molar-refractivity contribution is 7.15. The Morgan fingerprint density at radius 2 is 1.95 bits per heavy atom. The minimum Gasteiger partial charge on any atom is -0.461 e. The first kappa shape index (κ1) is 16.9. The van der Waals surface area contributed by atoms with Gasteiger partial charge in [-0.25, -0.2) is 9.78 Å². The van der Waals surface area contributed by atoms with Crippen LogP contribution in [0.25, 0.3) is 0 Å². The molecule has 0 bridgehead atoms. The molecule has 6 heteroatoms. The molecule has 0 aliphatic heterocycles. The molecule has 0 spiro atoms. The number of esters is 1. The second-order valence-electron chi connectivity index (χ2n) is 4.91. The van der Waals surface area contributed by atoms with Gasteiger partial charge in [0.15, 0.2) is 10.8 Å². The van der Waals surface area contributed by atoms with E-state index in [0.717, 1.165) is 36.1 Å². The van der Waals surface area contributed by atoms with Crippen molar-refractivity contribution in [2.45, 2.75) is 27.2 Å². The highest BCUT2D eigenvalue weighted by atomic mass is 32.1. The van der Waals surface area contributed by atoms with Gasteiger partial charge in [-0.2, -0.15) is 0 Å². The van der Waals surface area contributed by atoms with Crippen LogP contribution >= 0.6 is 11.3 Å². The van der Waals surface area contributed by atoms with Crippen LogP contribution in [-0.2, 0) is 4.74 Å². The van der Waals surface area contributed by atoms with Crippen molar-refractivity contribution in [1.29, 1.82) is 0 Å². The van der Waals surface area contributed by atoms with E-state index in [9.17, 15) is 4.79 Å². The molecule has 1 aromatic heterocycles. The van der Waals surface area contributed by atoms with Gasteiger partial charge in [-0.3, -0.25) is 0 Å². The third-order valence-electron chi connectivity index (χ3n) is 2.84. The Hall–Kier alpha value is -1.14. The van der Waals surface area contributed by atoms with Gasteiger partial charge < -0.3 is 14.5 Å². The van der Waals surface area contributed by atoms with E-state index in [1.807, 2.05) is 6.92 Å². The molecule has 1 heterocycles. The maximum Gasteiger partial charge on any atom is 0.358 e. The van der Waals surface area contributed by atoms with Crippen LogP contribution in [0.4, 0.5) is 5.13 Å². The standard InChI is InChI=1S/C14H25N3O2S/c1-6-8-17(10-9-16(4)5)14-15-12(11(3)20-14)13(18)19-7-2/h6-10H2,1-5H3. The Kier molecular flexibility index (Phi) is 6.95. The number of thiazole rings is 1. The fourth-order valence-electron chi connectivity index (χ4n) is 1.80. The number of ether oxygens (including phenoxy) is 1. The van der Waals surface area contributed by atoms with Crippen molar-refractivity contribution >= 4 is 22.4 Å². The van der Waals surface area contributed by atoms with Gasteiger partial charge in [0, 0.05) is 24.5 Å². The summed E-state index contributed by atoms with van der Waals surface area (Å²) in [5.74, 6) is -0.323. The third kappa shape index (κ3) is 4.76. The monoisotopic (exact) mass is 299 g/mol. The molecule has 0 saturated heterocycles. The van der Waals surface area contributed by atoms with E-state index in [4.69, 9.17) is 4.74 Å². The summed E-state index contributed by atoms with van der Waals surface area (Å²) in [6, 6.07) is 0. The van der Waals surface area contributed by atoms with Crippen LogP contribution in [0.2, 0.25) is 0 Å². The van der Waals surface area contributed by atoms with Crippen LogP contribution in [0.15, 0.2) is 0 Å². The molecular weight excluding hydrogens is 274 g/mol. The second kappa shape index (κ2) is 8.21. The number of anilines is 1. The largest absolute Gasteiger partial charge is 0.461 e. The van der Waals surface area contributed by atoms with E-state index in [1.165, 1.54) is 0 Å². The van der Waals surface area contributed by atoms with E-state index in [0.29, 0.717) is 12.3 Å². The minimum absolute atomic E-state index is 0.323. The smallest absolute Gasteiger partial charge is 0.358 e. The summed E-state index contributed by atoms with van der Waals surface area (Å²) in [4.78, 5) is 21.6. The fourth-order valence-corrected chi connectivity index (χ4v) is 2.75. The number of rotatable bonds is 8. The first-order valence-corrected chi connectivity index (χ1v) is 7.85. The Balaban J connectivity index is 2.86. The lowest BCUT2D eigenvalue weighted by molar-refractivity contribution is 0.0519. The molecule has 114 valence electrons. The van der Waals surface area contributed by atoms with Crippen molar-refractivity contribution in [2.75, 3.05) is 45.2 Å². The molecule has 20 heavy (non-hydrogen) atoms. The molecule has 0 aliphatic rings. The van der Waals surface area contributed by atoms with Gasteiger partial charge in [-0.15, -0.1) is 11.3 Å². The molecule has 0 radical (unpaired) electrons. The summed E-state index contributed by atoms with van der Waals surface area (Å²) < 4.78 is 5.04. The lowest BCUT2D eigenvalue weighted by atomic mass is 10.4. The van der Waals surface area contributed by atoms with Crippen LogP contribution < -0.4 is 4.90 Å². The van der Waals surface area contributed by atoms with Crippen molar-refractivity contribution in [3.05, 3.63) is 10.6 Å². The average molecular weight is 299 g/mol. The van der Waals surface area contributed by atoms with E-state index in [-0.39, 0.29) is 5.97 Å². The normalized spacial score (nSPS) is 10.9. The minimum atomic E-state index is -0.323. The van der Waals surface area contributed by atoms with Gasteiger partial charge >= 0.3 is 5.97 Å². The zero-order valence-corrected chi connectivity index (χ0v) is 13.9. The van der Waals surface area contributed by atoms with Crippen LogP contribution in [-0.4, -0.2) is 56.2 Å². The van der Waals surface area contributed by atoms with Crippen LogP contribution in [0.5, 0.6) is 0 Å². The van der Waals surface area contributed by atoms with Crippen molar-refractivity contribution in [3.8, 4) is 0 Å². The Morgan fingerprint density at radius 1 is 1.25 bits per heavy atom. The van der Waals surface area contributed by atoms with Gasteiger partial charge in [0.2, 0.25) is 0 Å². The Bertz CT molecular complexity index is 432. The number of carbonyl (C=O) groups is 1. The number of aromatic nitrogens is 1. The fraction of sp³-hybridized carbons (Fsp3) is 0.714. The summed E-state index contributed by atoms with van der Waals surface area (Å²) in [5, 5.41) is 0.911. The molecule has 0 atom stereocenters. The number of carbonyl (C=O) groups excluding carboxylic acids is 1. The number of nitrogens with zero attached hydrogens (tertiary/aromatic N) is 3. The average Bonchev–Trinajstić information content (AvgIpc) is 2.76. The SMILES string of the molecule is CCCN(CCN(C)C)c1nc(C(=O)OCC)c(C)s1. The number of likely N-dealkylation sites (N-methyl/N-ethyl adjacent to an activating group) is 1. The lowest BCUT2D eigenvalue weighted by Crippen LogP contribution is -2.32. The molecule has 1 aromatic rings. The predicted octanol–water partition coefficient (Wildman–Crippen LogP) is 2.41. The van der Waals surface area contributed by atoms with Gasteiger partial charge in [0.25, 0.3) is 0 Å². The quantitative estimate of drug-likeness (QED) is 0.690. The van der Waals surface area contributed by atoms with Gasteiger partial charge in [-0.05, 0) is 34.4 Å². The van der Waals surface area contributed by atoms with Crippen LogP contribution in [0.1, 0.15) is 35.6 Å². The van der Waals surface area contributed by atoms with Crippen molar-refractivity contribution in [3.63, 3.8) is 0 Å². The van der Waals surface area contributed by atoms with Gasteiger partial charge in [0.05, 0.1) is 6.61 Å². The number of aryl methyl sites for hydroxylation is 1. The molecule has 0 fully saturated rings. The predicted molar refractivity (Wildman–Crippen MR) is 83.9 cm³/mol. The van der Waals surface area contributed by atoms with Crippen molar-refractivity contribution in [2.24, 2.45) is 0 Å². The van der Waals surface area contributed by atoms with Crippen LogP contribution in [0.3, 0.4) is 0 Å². The molecular formula is C14H25N3O2S.